The number of amides is 2. The third-order valence-electron chi connectivity index (χ3n) is 4.45. The Hall–Kier alpha value is -3.22. The molecule has 1 heterocycles. The largest absolute Gasteiger partial charge is 0.496 e. The number of carbonyl (C=O) groups is 2. The fourth-order valence-corrected chi connectivity index (χ4v) is 3.01. The lowest BCUT2D eigenvalue weighted by Crippen LogP contribution is -2.33. The van der Waals surface area contributed by atoms with Crippen LogP contribution in [0.3, 0.4) is 0 Å². The molecule has 0 fully saturated rings. The number of para-hydroxylation sites is 1. The zero-order valence-corrected chi connectivity index (χ0v) is 16.1. The number of ether oxygens (including phenoxy) is 3. The molecule has 0 atom stereocenters. The lowest BCUT2D eigenvalue weighted by molar-refractivity contribution is -0.121. The molecule has 7 nitrogen and oxygen atoms in total. The Labute approximate surface area is 164 Å². The first kappa shape index (κ1) is 19.5. The molecule has 148 valence electrons. The van der Waals surface area contributed by atoms with Gasteiger partial charge in [0.1, 0.15) is 19.0 Å². The third kappa shape index (κ3) is 4.73. The van der Waals surface area contributed by atoms with E-state index >= 15 is 0 Å². The van der Waals surface area contributed by atoms with Crippen LogP contribution in [0, 0.1) is 0 Å². The van der Waals surface area contributed by atoms with Crippen molar-refractivity contribution in [2.45, 2.75) is 19.9 Å². The van der Waals surface area contributed by atoms with Crippen molar-refractivity contribution in [1.82, 2.24) is 5.32 Å². The van der Waals surface area contributed by atoms with E-state index in [4.69, 9.17) is 14.2 Å². The van der Waals surface area contributed by atoms with E-state index in [2.05, 4.69) is 5.32 Å². The Morgan fingerprint density at radius 1 is 1.11 bits per heavy atom. The van der Waals surface area contributed by atoms with Crippen molar-refractivity contribution in [2.24, 2.45) is 0 Å². The van der Waals surface area contributed by atoms with Gasteiger partial charge < -0.3 is 24.4 Å². The van der Waals surface area contributed by atoms with Gasteiger partial charge in [0.05, 0.1) is 7.11 Å². The lowest BCUT2D eigenvalue weighted by atomic mass is 10.2. The number of hydrogen-bond donors (Lipinski definition) is 1. The average Bonchev–Trinajstić information content (AvgIpc) is 2.72. The van der Waals surface area contributed by atoms with E-state index in [1.54, 1.807) is 30.2 Å². The van der Waals surface area contributed by atoms with Crippen LogP contribution < -0.4 is 24.4 Å². The number of carbonyl (C=O) groups excluding carboxylic acids is 2. The normalized spacial score (nSPS) is 12.2. The van der Waals surface area contributed by atoms with E-state index in [9.17, 15) is 9.59 Å². The van der Waals surface area contributed by atoms with Crippen molar-refractivity contribution in [3.05, 3.63) is 48.0 Å². The molecule has 3 rings (SSSR count). The Balaban J connectivity index is 1.59. The van der Waals surface area contributed by atoms with Gasteiger partial charge in [-0.05, 0) is 18.2 Å². The van der Waals surface area contributed by atoms with Crippen LogP contribution in [-0.4, -0.2) is 38.7 Å². The SMILES string of the molecule is COc1ccccc1CNC(=O)CCN(C(C)=O)c1ccc2c(c1)OCCO2. The van der Waals surface area contributed by atoms with E-state index < -0.39 is 0 Å². The van der Waals surface area contributed by atoms with Crippen molar-refractivity contribution in [3.8, 4) is 17.2 Å². The van der Waals surface area contributed by atoms with Gasteiger partial charge in [-0.3, -0.25) is 9.59 Å². The first-order valence-electron chi connectivity index (χ1n) is 9.15. The zero-order valence-electron chi connectivity index (χ0n) is 16.1. The van der Waals surface area contributed by atoms with Crippen LogP contribution in [0.2, 0.25) is 0 Å². The Morgan fingerprint density at radius 3 is 2.61 bits per heavy atom. The van der Waals surface area contributed by atoms with Crippen molar-refractivity contribution < 1.29 is 23.8 Å². The Kier molecular flexibility index (Phi) is 6.37. The predicted molar refractivity (Wildman–Crippen MR) is 105 cm³/mol. The molecule has 28 heavy (non-hydrogen) atoms. The number of hydrogen-bond acceptors (Lipinski definition) is 5. The minimum absolute atomic E-state index is 0.144. The lowest BCUT2D eigenvalue weighted by Gasteiger charge is -2.24. The summed E-state index contributed by atoms with van der Waals surface area (Å²) in [4.78, 5) is 25.9. The van der Waals surface area contributed by atoms with Gasteiger partial charge in [-0.2, -0.15) is 0 Å². The number of nitrogens with one attached hydrogen (secondary N) is 1. The molecule has 0 aromatic heterocycles. The standard InChI is InChI=1S/C21H24N2O5/c1-15(24)23(17-7-8-19-20(13-17)28-12-11-27-19)10-9-21(25)22-14-16-5-3-4-6-18(16)26-2/h3-8,13H,9-12,14H2,1-2H3,(H,22,25). The van der Waals surface area contributed by atoms with Crippen molar-refractivity contribution in [1.29, 1.82) is 0 Å². The summed E-state index contributed by atoms with van der Waals surface area (Å²) in [6.45, 7) is 3.10. The molecule has 2 aromatic carbocycles. The quantitative estimate of drug-likeness (QED) is 0.794. The molecule has 0 unspecified atom stereocenters. The maximum atomic E-state index is 12.3. The second-order valence-electron chi connectivity index (χ2n) is 6.34. The highest BCUT2D eigenvalue weighted by Gasteiger charge is 2.18. The molecule has 0 spiro atoms. The number of rotatable bonds is 7. The van der Waals surface area contributed by atoms with Gasteiger partial charge in [0.2, 0.25) is 11.8 Å². The fraction of sp³-hybridized carbons (Fsp3) is 0.333. The molecule has 0 saturated heterocycles. The van der Waals surface area contributed by atoms with E-state index in [1.165, 1.54) is 6.92 Å². The minimum Gasteiger partial charge on any atom is -0.496 e. The maximum Gasteiger partial charge on any atom is 0.223 e. The third-order valence-corrected chi connectivity index (χ3v) is 4.45. The number of methoxy groups -OCH3 is 1. The number of anilines is 1. The van der Waals surface area contributed by atoms with Gasteiger partial charge in [-0.25, -0.2) is 0 Å². The van der Waals surface area contributed by atoms with E-state index in [-0.39, 0.29) is 24.8 Å². The van der Waals surface area contributed by atoms with Crippen molar-refractivity contribution >= 4 is 17.5 Å². The first-order chi connectivity index (χ1) is 13.6. The van der Waals surface area contributed by atoms with Crippen molar-refractivity contribution in [2.75, 3.05) is 31.8 Å². The second-order valence-corrected chi connectivity index (χ2v) is 6.34. The molecular formula is C21H24N2O5. The second kappa shape index (κ2) is 9.12. The molecule has 2 amide bonds. The van der Waals surface area contributed by atoms with Gasteiger partial charge in [0.25, 0.3) is 0 Å². The smallest absolute Gasteiger partial charge is 0.223 e. The topological polar surface area (TPSA) is 77.1 Å². The van der Waals surface area contributed by atoms with Gasteiger partial charge >= 0.3 is 0 Å². The van der Waals surface area contributed by atoms with Gasteiger partial charge in [0, 0.05) is 43.8 Å². The Morgan fingerprint density at radius 2 is 1.86 bits per heavy atom. The summed E-state index contributed by atoms with van der Waals surface area (Å²) in [7, 11) is 1.60. The summed E-state index contributed by atoms with van der Waals surface area (Å²) in [5, 5.41) is 2.87. The Bertz CT molecular complexity index is 852. The summed E-state index contributed by atoms with van der Waals surface area (Å²) in [5.41, 5.74) is 1.57. The summed E-state index contributed by atoms with van der Waals surface area (Å²) in [6.07, 6.45) is 0.184. The van der Waals surface area contributed by atoms with Crippen LogP contribution in [0.5, 0.6) is 17.2 Å². The highest BCUT2D eigenvalue weighted by atomic mass is 16.6. The van der Waals surface area contributed by atoms with E-state index in [0.717, 1.165) is 11.3 Å². The molecule has 1 aliphatic rings. The van der Waals surface area contributed by atoms with Gasteiger partial charge in [-0.1, -0.05) is 18.2 Å². The van der Waals surface area contributed by atoms with E-state index in [0.29, 0.717) is 36.9 Å². The van der Waals surface area contributed by atoms with Crippen LogP contribution in [-0.2, 0) is 16.1 Å². The summed E-state index contributed by atoms with van der Waals surface area (Å²) in [5.74, 6) is 1.71. The average molecular weight is 384 g/mol. The number of benzene rings is 2. The maximum absolute atomic E-state index is 12.3. The first-order valence-corrected chi connectivity index (χ1v) is 9.15. The summed E-state index contributed by atoms with van der Waals surface area (Å²) >= 11 is 0. The highest BCUT2D eigenvalue weighted by molar-refractivity contribution is 5.92. The molecule has 1 aliphatic heterocycles. The number of nitrogens with zero attached hydrogens (tertiary/aromatic N) is 1. The molecule has 0 saturated carbocycles. The van der Waals surface area contributed by atoms with Gasteiger partial charge in [-0.15, -0.1) is 0 Å². The van der Waals surface area contributed by atoms with Crippen LogP contribution in [0.4, 0.5) is 5.69 Å². The summed E-state index contributed by atoms with van der Waals surface area (Å²) in [6, 6.07) is 12.9. The van der Waals surface area contributed by atoms with E-state index in [1.807, 2.05) is 24.3 Å². The van der Waals surface area contributed by atoms with Crippen LogP contribution in [0.15, 0.2) is 42.5 Å². The molecule has 7 heteroatoms. The van der Waals surface area contributed by atoms with Crippen molar-refractivity contribution in [3.63, 3.8) is 0 Å². The molecule has 0 aliphatic carbocycles. The molecular weight excluding hydrogens is 360 g/mol. The van der Waals surface area contributed by atoms with Gasteiger partial charge in [0.15, 0.2) is 11.5 Å². The predicted octanol–water partition coefficient (Wildman–Crippen LogP) is 2.53. The fourth-order valence-electron chi connectivity index (χ4n) is 3.01. The highest BCUT2D eigenvalue weighted by Crippen LogP contribution is 2.34. The monoisotopic (exact) mass is 384 g/mol. The number of fused-ring (bicyclic) bond motifs is 1. The minimum atomic E-state index is -0.144. The molecule has 0 radical (unpaired) electrons. The van der Waals surface area contributed by atoms with Crippen LogP contribution in [0.25, 0.3) is 0 Å². The molecule has 2 aromatic rings. The zero-order chi connectivity index (χ0) is 19.9. The van der Waals surface area contributed by atoms with Crippen LogP contribution in [0.1, 0.15) is 18.9 Å². The molecule has 1 N–H and O–H groups in total. The van der Waals surface area contributed by atoms with Crippen LogP contribution >= 0.6 is 0 Å². The summed E-state index contributed by atoms with van der Waals surface area (Å²) < 4.78 is 16.4. The molecule has 0 bridgehead atoms.